The molecule has 3 aromatic heterocycles. The molecule has 4 rings (SSSR count). The van der Waals surface area contributed by atoms with Crippen molar-refractivity contribution >= 4 is 61.2 Å². The molecule has 0 fully saturated rings. The van der Waals surface area contributed by atoms with E-state index < -0.39 is 0 Å². The van der Waals surface area contributed by atoms with E-state index in [9.17, 15) is 9.59 Å². The molecule has 4 aromatic rings. The van der Waals surface area contributed by atoms with Gasteiger partial charge in [-0.15, -0.1) is 11.3 Å². The summed E-state index contributed by atoms with van der Waals surface area (Å²) in [5.41, 5.74) is 2.23. The lowest BCUT2D eigenvalue weighted by molar-refractivity contribution is -0.116. The summed E-state index contributed by atoms with van der Waals surface area (Å²) in [4.78, 5) is 34.3. The summed E-state index contributed by atoms with van der Waals surface area (Å²) in [5, 5.41) is 8.20. The Morgan fingerprint density at radius 1 is 1.16 bits per heavy atom. The van der Waals surface area contributed by atoms with Crippen LogP contribution in [0, 0.1) is 5.92 Å². The lowest BCUT2D eigenvalue weighted by Gasteiger charge is -2.06. The molecule has 162 valence electrons. The molecule has 0 saturated carbocycles. The normalized spacial score (nSPS) is 11.8. The van der Waals surface area contributed by atoms with Crippen LogP contribution in [0.3, 0.4) is 0 Å². The molecule has 10 heteroatoms. The van der Waals surface area contributed by atoms with Crippen molar-refractivity contribution in [3.63, 3.8) is 0 Å². The average Bonchev–Trinajstić information content (AvgIpc) is 3.29. The molecular formula is C21H23N5O2S3. The van der Waals surface area contributed by atoms with Gasteiger partial charge in [-0.1, -0.05) is 50.8 Å². The highest BCUT2D eigenvalue weighted by atomic mass is 32.2. The summed E-state index contributed by atoms with van der Waals surface area (Å²) in [5.74, 6) is 1.15. The van der Waals surface area contributed by atoms with Crippen molar-refractivity contribution in [1.82, 2.24) is 19.6 Å². The number of fused-ring (bicyclic) bond motifs is 2. The SMILES string of the molecule is CC(C)CC(=O)Nc1ccc2nc(SCc3cc(=O)n4nc(C(C)C)sc4n3)sc2c1. The molecule has 7 nitrogen and oxygen atoms in total. The quantitative estimate of drug-likeness (QED) is 0.373. The lowest BCUT2D eigenvalue weighted by atomic mass is 10.1. The van der Waals surface area contributed by atoms with Crippen LogP contribution in [0.2, 0.25) is 0 Å². The Hall–Kier alpha value is -2.30. The molecule has 3 heterocycles. The van der Waals surface area contributed by atoms with Crippen LogP contribution in [0.1, 0.15) is 50.7 Å². The Bertz CT molecular complexity index is 1310. The number of carbonyl (C=O) groups is 1. The fourth-order valence-corrected chi connectivity index (χ4v) is 5.87. The number of thioether (sulfide) groups is 1. The molecule has 0 aliphatic heterocycles. The Balaban J connectivity index is 1.48. The standard InChI is InChI=1S/C21H23N5O2S3/c1-11(2)7-17(27)22-13-5-6-15-16(8-13)30-21(24-15)29-10-14-9-18(28)26-20(23-14)31-19(25-26)12(3)4/h5-6,8-9,11-12H,7,10H2,1-4H3,(H,22,27). The largest absolute Gasteiger partial charge is 0.326 e. The van der Waals surface area contributed by atoms with Crippen LogP contribution < -0.4 is 10.9 Å². The molecular weight excluding hydrogens is 450 g/mol. The number of carbonyl (C=O) groups excluding carboxylic acids is 1. The maximum atomic E-state index is 12.4. The van der Waals surface area contributed by atoms with E-state index in [0.717, 1.165) is 30.9 Å². The maximum absolute atomic E-state index is 12.4. The number of rotatable bonds is 7. The van der Waals surface area contributed by atoms with E-state index in [1.165, 1.54) is 15.9 Å². The number of hydrogen-bond donors (Lipinski definition) is 1. The molecule has 0 spiro atoms. The van der Waals surface area contributed by atoms with Crippen molar-refractivity contribution in [1.29, 1.82) is 0 Å². The van der Waals surface area contributed by atoms with E-state index >= 15 is 0 Å². The highest BCUT2D eigenvalue weighted by Gasteiger charge is 2.13. The number of aromatic nitrogens is 4. The molecule has 0 bridgehead atoms. The number of amides is 1. The molecule has 1 N–H and O–H groups in total. The fraction of sp³-hybridized carbons (Fsp3) is 0.381. The van der Waals surface area contributed by atoms with Gasteiger partial charge in [0.25, 0.3) is 5.56 Å². The minimum Gasteiger partial charge on any atom is -0.326 e. The van der Waals surface area contributed by atoms with Crippen molar-refractivity contribution in [3.8, 4) is 0 Å². The smallest absolute Gasteiger partial charge is 0.275 e. The van der Waals surface area contributed by atoms with Gasteiger partial charge < -0.3 is 5.32 Å². The number of nitrogens with one attached hydrogen (secondary N) is 1. The second-order valence-electron chi connectivity index (χ2n) is 7.97. The fourth-order valence-electron chi connectivity index (χ4n) is 2.94. The predicted octanol–water partition coefficient (Wildman–Crippen LogP) is 5.16. The van der Waals surface area contributed by atoms with E-state index in [1.54, 1.807) is 29.2 Å². The van der Waals surface area contributed by atoms with E-state index in [1.807, 2.05) is 45.9 Å². The van der Waals surface area contributed by atoms with Crippen molar-refractivity contribution in [2.75, 3.05) is 5.32 Å². The van der Waals surface area contributed by atoms with Crippen LogP contribution in [0.4, 0.5) is 5.69 Å². The third kappa shape index (κ3) is 5.13. The molecule has 0 radical (unpaired) electrons. The predicted molar refractivity (Wildman–Crippen MR) is 128 cm³/mol. The van der Waals surface area contributed by atoms with Gasteiger partial charge in [0.2, 0.25) is 10.9 Å². The second-order valence-corrected chi connectivity index (χ2v) is 11.2. The van der Waals surface area contributed by atoms with Crippen LogP contribution in [0.25, 0.3) is 15.2 Å². The first kappa shape index (κ1) is 21.9. The van der Waals surface area contributed by atoms with E-state index in [4.69, 9.17) is 0 Å². The van der Waals surface area contributed by atoms with Crippen molar-refractivity contribution in [2.24, 2.45) is 5.92 Å². The van der Waals surface area contributed by atoms with Gasteiger partial charge in [-0.2, -0.15) is 9.61 Å². The highest BCUT2D eigenvalue weighted by Crippen LogP contribution is 2.33. The molecule has 0 atom stereocenters. The third-order valence-corrected chi connectivity index (χ3v) is 7.80. The summed E-state index contributed by atoms with van der Waals surface area (Å²) in [7, 11) is 0. The number of nitrogens with zero attached hydrogens (tertiary/aromatic N) is 4. The van der Waals surface area contributed by atoms with E-state index in [0.29, 0.717) is 23.1 Å². The van der Waals surface area contributed by atoms with Crippen molar-refractivity contribution in [2.45, 2.75) is 50.1 Å². The van der Waals surface area contributed by atoms with Crippen LogP contribution in [-0.2, 0) is 10.5 Å². The van der Waals surface area contributed by atoms with Crippen molar-refractivity contribution < 1.29 is 4.79 Å². The Morgan fingerprint density at radius 2 is 1.97 bits per heavy atom. The summed E-state index contributed by atoms with van der Waals surface area (Å²) >= 11 is 4.57. The summed E-state index contributed by atoms with van der Waals surface area (Å²) in [6.45, 7) is 8.14. The zero-order valence-electron chi connectivity index (χ0n) is 17.7. The zero-order chi connectivity index (χ0) is 22.1. The van der Waals surface area contributed by atoms with Gasteiger partial charge in [0.1, 0.15) is 5.01 Å². The Kier molecular flexibility index (Phi) is 6.40. The minimum absolute atomic E-state index is 0.0184. The van der Waals surface area contributed by atoms with E-state index in [-0.39, 0.29) is 17.4 Å². The maximum Gasteiger partial charge on any atom is 0.275 e. The summed E-state index contributed by atoms with van der Waals surface area (Å²) < 4.78 is 3.29. The molecule has 0 aliphatic rings. The third-order valence-electron chi connectivity index (χ3n) is 4.40. The topological polar surface area (TPSA) is 89.2 Å². The zero-order valence-corrected chi connectivity index (χ0v) is 20.2. The molecule has 31 heavy (non-hydrogen) atoms. The lowest BCUT2D eigenvalue weighted by Crippen LogP contribution is -2.15. The monoisotopic (exact) mass is 473 g/mol. The van der Waals surface area contributed by atoms with Gasteiger partial charge in [-0.25, -0.2) is 9.97 Å². The van der Waals surface area contributed by atoms with Gasteiger partial charge in [-0.05, 0) is 24.1 Å². The van der Waals surface area contributed by atoms with Crippen LogP contribution >= 0.6 is 34.4 Å². The number of thiazole rings is 1. The minimum atomic E-state index is -0.158. The van der Waals surface area contributed by atoms with Gasteiger partial charge >= 0.3 is 0 Å². The first-order valence-corrected chi connectivity index (χ1v) is 12.6. The average molecular weight is 474 g/mol. The highest BCUT2D eigenvalue weighted by molar-refractivity contribution is 8.00. The number of hydrogen-bond acceptors (Lipinski definition) is 8. The van der Waals surface area contributed by atoms with Gasteiger partial charge in [0, 0.05) is 29.8 Å². The first-order valence-electron chi connectivity index (χ1n) is 10.0. The van der Waals surface area contributed by atoms with Crippen molar-refractivity contribution in [3.05, 3.63) is 45.3 Å². The molecule has 0 saturated heterocycles. The van der Waals surface area contributed by atoms with Crippen LogP contribution in [-0.4, -0.2) is 25.5 Å². The Morgan fingerprint density at radius 3 is 2.71 bits per heavy atom. The van der Waals surface area contributed by atoms with Crippen LogP contribution in [0.5, 0.6) is 0 Å². The summed E-state index contributed by atoms with van der Waals surface area (Å²) in [6, 6.07) is 7.29. The van der Waals surface area contributed by atoms with Gasteiger partial charge in [0.15, 0.2) is 4.34 Å². The molecule has 1 aromatic carbocycles. The number of anilines is 1. The second kappa shape index (κ2) is 9.05. The molecule has 0 aliphatic carbocycles. The van der Waals surface area contributed by atoms with Gasteiger partial charge in [-0.3, -0.25) is 9.59 Å². The molecule has 1 amide bonds. The Labute approximate surface area is 191 Å². The van der Waals surface area contributed by atoms with Crippen LogP contribution in [0.15, 0.2) is 33.4 Å². The summed E-state index contributed by atoms with van der Waals surface area (Å²) in [6.07, 6.45) is 0.498. The number of benzene rings is 1. The van der Waals surface area contributed by atoms with E-state index in [2.05, 4.69) is 20.4 Å². The molecule has 0 unspecified atom stereocenters. The van der Waals surface area contributed by atoms with Gasteiger partial charge in [0.05, 0.1) is 15.9 Å². The first-order chi connectivity index (χ1) is 14.8.